The summed E-state index contributed by atoms with van der Waals surface area (Å²) in [5.41, 5.74) is 4.47. The average molecular weight is 204 g/mol. The van der Waals surface area contributed by atoms with Gasteiger partial charge in [-0.05, 0) is 23.5 Å². The summed E-state index contributed by atoms with van der Waals surface area (Å²) in [6, 6.07) is 8.65. The summed E-state index contributed by atoms with van der Waals surface area (Å²) < 4.78 is 0. The van der Waals surface area contributed by atoms with E-state index in [1.54, 1.807) is 5.57 Å². The topological polar surface area (TPSA) is 0 Å². The summed E-state index contributed by atoms with van der Waals surface area (Å²) in [6.07, 6.45) is 3.49. The number of hydrogen-bond donors (Lipinski definition) is 0. The second kappa shape index (κ2) is 6.44. The molecule has 1 aromatic carbocycles. The molecule has 0 spiro atoms. The molecule has 2 rings (SSSR count). The molecule has 0 saturated heterocycles. The lowest BCUT2D eigenvalue weighted by atomic mass is 10.0. The maximum Gasteiger partial charge on any atom is -0.00553 e. The highest BCUT2D eigenvalue weighted by atomic mass is 14.2. The van der Waals surface area contributed by atoms with Crippen LogP contribution in [0.1, 0.15) is 46.2 Å². The van der Waals surface area contributed by atoms with E-state index >= 15 is 0 Å². The minimum Gasteiger partial charge on any atom is -0.0776 e. The van der Waals surface area contributed by atoms with Gasteiger partial charge in [0.05, 0.1) is 0 Å². The van der Waals surface area contributed by atoms with Gasteiger partial charge in [-0.3, -0.25) is 0 Å². The Morgan fingerprint density at radius 3 is 2.20 bits per heavy atom. The summed E-state index contributed by atoms with van der Waals surface area (Å²) in [7, 11) is 0. The van der Waals surface area contributed by atoms with Crippen LogP contribution < -0.4 is 0 Å². The Kier molecular flexibility index (Phi) is 6.00. The number of rotatable bonds is 1. The van der Waals surface area contributed by atoms with Gasteiger partial charge in [-0.15, -0.1) is 0 Å². The lowest BCUT2D eigenvalue weighted by Gasteiger charge is -2.04. The van der Waals surface area contributed by atoms with E-state index in [1.807, 2.05) is 13.8 Å². The van der Waals surface area contributed by atoms with Crippen LogP contribution in [0.25, 0.3) is 6.08 Å². The first kappa shape index (κ1) is 14.0. The van der Waals surface area contributed by atoms with Crippen molar-refractivity contribution in [1.82, 2.24) is 0 Å². The van der Waals surface area contributed by atoms with Crippen LogP contribution in [-0.2, 0) is 6.42 Å². The molecule has 84 valence electrons. The first-order valence-corrected chi connectivity index (χ1v) is 5.56. The van der Waals surface area contributed by atoms with Crippen LogP contribution in [0.15, 0.2) is 29.8 Å². The Labute approximate surface area is 95.0 Å². The minimum absolute atomic E-state index is 0. The Bertz CT molecular complexity index is 319. The van der Waals surface area contributed by atoms with Crippen LogP contribution in [0.4, 0.5) is 0 Å². The molecule has 1 aliphatic carbocycles. The van der Waals surface area contributed by atoms with Crippen molar-refractivity contribution in [2.24, 2.45) is 5.92 Å². The number of allylic oxidation sites excluding steroid dienone is 1. The predicted molar refractivity (Wildman–Crippen MR) is 71.0 cm³/mol. The van der Waals surface area contributed by atoms with Gasteiger partial charge in [-0.2, -0.15) is 0 Å². The quantitative estimate of drug-likeness (QED) is 0.607. The Balaban J connectivity index is 0.000000617. The molecule has 0 atom stereocenters. The van der Waals surface area contributed by atoms with E-state index in [9.17, 15) is 0 Å². The van der Waals surface area contributed by atoms with Gasteiger partial charge in [0.1, 0.15) is 0 Å². The molecule has 0 aromatic heterocycles. The highest BCUT2D eigenvalue weighted by Gasteiger charge is 2.13. The monoisotopic (exact) mass is 204 g/mol. The van der Waals surface area contributed by atoms with Gasteiger partial charge in [-0.25, -0.2) is 0 Å². The number of hydrogen-bond acceptors (Lipinski definition) is 0. The van der Waals surface area contributed by atoms with E-state index in [1.165, 1.54) is 11.1 Å². The number of benzene rings is 1. The molecule has 1 aromatic rings. The van der Waals surface area contributed by atoms with Crippen molar-refractivity contribution in [1.29, 1.82) is 0 Å². The summed E-state index contributed by atoms with van der Waals surface area (Å²) in [6.45, 7) is 8.52. The molecule has 0 heteroatoms. The highest BCUT2D eigenvalue weighted by Crippen LogP contribution is 2.28. The molecule has 0 bridgehead atoms. The van der Waals surface area contributed by atoms with Gasteiger partial charge in [0.25, 0.3) is 0 Å². The SMILES string of the molecule is C.CC.CC(C)C1=Cc2ccccc2C1. The zero-order chi connectivity index (χ0) is 10.6. The summed E-state index contributed by atoms with van der Waals surface area (Å²) in [5, 5.41) is 0. The van der Waals surface area contributed by atoms with Gasteiger partial charge in [0.15, 0.2) is 0 Å². The average Bonchev–Trinajstić information content (AvgIpc) is 2.64. The third-order valence-corrected chi connectivity index (χ3v) is 2.53. The molecule has 0 saturated carbocycles. The van der Waals surface area contributed by atoms with Gasteiger partial charge < -0.3 is 0 Å². The standard InChI is InChI=1S/C12H14.C2H6.CH4/c1-9(2)12-7-10-5-3-4-6-11(10)8-12;1-2;/h3-7,9H,8H2,1-2H3;1-2H3;1H4. The molecule has 1 aliphatic rings. The second-order valence-electron chi connectivity index (χ2n) is 3.75. The van der Waals surface area contributed by atoms with Crippen molar-refractivity contribution in [3.05, 3.63) is 41.0 Å². The van der Waals surface area contributed by atoms with Crippen molar-refractivity contribution in [3.63, 3.8) is 0 Å². The first-order chi connectivity index (χ1) is 6.77. The molecule has 0 fully saturated rings. The van der Waals surface area contributed by atoms with Crippen molar-refractivity contribution in [3.8, 4) is 0 Å². The van der Waals surface area contributed by atoms with Crippen LogP contribution in [0.3, 0.4) is 0 Å². The summed E-state index contributed by atoms with van der Waals surface area (Å²) in [4.78, 5) is 0. The van der Waals surface area contributed by atoms with Crippen LogP contribution in [0.5, 0.6) is 0 Å². The van der Waals surface area contributed by atoms with Gasteiger partial charge in [0.2, 0.25) is 0 Å². The van der Waals surface area contributed by atoms with Crippen LogP contribution in [-0.4, -0.2) is 0 Å². The molecule has 15 heavy (non-hydrogen) atoms. The van der Waals surface area contributed by atoms with Crippen molar-refractivity contribution < 1.29 is 0 Å². The molecular weight excluding hydrogens is 180 g/mol. The van der Waals surface area contributed by atoms with Crippen LogP contribution >= 0.6 is 0 Å². The van der Waals surface area contributed by atoms with E-state index in [0.717, 1.165) is 6.42 Å². The Morgan fingerprint density at radius 1 is 1.07 bits per heavy atom. The van der Waals surface area contributed by atoms with Crippen molar-refractivity contribution >= 4 is 6.08 Å². The summed E-state index contributed by atoms with van der Waals surface area (Å²) >= 11 is 0. The third-order valence-electron chi connectivity index (χ3n) is 2.53. The first-order valence-electron chi connectivity index (χ1n) is 5.56. The number of fused-ring (bicyclic) bond motifs is 1. The maximum absolute atomic E-state index is 2.33. The smallest absolute Gasteiger partial charge is 0.00553 e. The molecule has 0 radical (unpaired) electrons. The molecular formula is C15H24. The Hall–Kier alpha value is -1.04. The molecule has 0 nitrogen and oxygen atoms in total. The van der Waals surface area contributed by atoms with Crippen LogP contribution in [0, 0.1) is 5.92 Å². The van der Waals surface area contributed by atoms with E-state index < -0.39 is 0 Å². The zero-order valence-corrected chi connectivity index (χ0v) is 9.67. The molecule has 0 aliphatic heterocycles. The third kappa shape index (κ3) is 3.23. The highest BCUT2D eigenvalue weighted by molar-refractivity contribution is 5.63. The molecule has 0 heterocycles. The normalized spacial score (nSPS) is 12.2. The van der Waals surface area contributed by atoms with E-state index in [0.29, 0.717) is 5.92 Å². The second-order valence-corrected chi connectivity index (χ2v) is 3.75. The fourth-order valence-electron chi connectivity index (χ4n) is 1.68. The predicted octanol–water partition coefficient (Wildman–Crippen LogP) is 4.94. The minimum atomic E-state index is 0. The van der Waals surface area contributed by atoms with Gasteiger partial charge >= 0.3 is 0 Å². The summed E-state index contributed by atoms with van der Waals surface area (Å²) in [5.74, 6) is 0.692. The largest absolute Gasteiger partial charge is 0.0776 e. The zero-order valence-electron chi connectivity index (χ0n) is 9.67. The van der Waals surface area contributed by atoms with E-state index in [4.69, 9.17) is 0 Å². The maximum atomic E-state index is 2.33. The lowest BCUT2D eigenvalue weighted by molar-refractivity contribution is 0.754. The van der Waals surface area contributed by atoms with Gasteiger partial charge in [-0.1, -0.05) is 71.0 Å². The van der Waals surface area contributed by atoms with Gasteiger partial charge in [0, 0.05) is 0 Å². The molecule has 0 N–H and O–H groups in total. The van der Waals surface area contributed by atoms with Crippen molar-refractivity contribution in [2.75, 3.05) is 0 Å². The van der Waals surface area contributed by atoms with Crippen molar-refractivity contribution in [2.45, 2.75) is 41.5 Å². The van der Waals surface area contributed by atoms with E-state index in [-0.39, 0.29) is 7.43 Å². The fourth-order valence-corrected chi connectivity index (χ4v) is 1.68. The Morgan fingerprint density at radius 2 is 1.67 bits per heavy atom. The molecule has 0 unspecified atom stereocenters. The molecule has 0 amide bonds. The fraction of sp³-hybridized carbons (Fsp3) is 0.467. The van der Waals surface area contributed by atoms with E-state index in [2.05, 4.69) is 44.2 Å². The lowest BCUT2D eigenvalue weighted by Crippen LogP contribution is -1.92. The van der Waals surface area contributed by atoms with Crippen LogP contribution in [0.2, 0.25) is 0 Å².